The van der Waals surface area contributed by atoms with Gasteiger partial charge in [-0.15, -0.1) is 13.2 Å². The van der Waals surface area contributed by atoms with Crippen LogP contribution in [0.15, 0.2) is 42.7 Å². The normalized spacial score (nSPS) is 12.5. The molecule has 0 aliphatic carbocycles. The fraction of sp³-hybridized carbons (Fsp3) is 0.280. The van der Waals surface area contributed by atoms with E-state index < -0.39 is 30.7 Å². The molecule has 8 nitrogen and oxygen atoms in total. The van der Waals surface area contributed by atoms with E-state index in [0.29, 0.717) is 28.3 Å². The lowest BCUT2D eigenvalue weighted by Gasteiger charge is -2.20. The van der Waals surface area contributed by atoms with Crippen LogP contribution in [0.5, 0.6) is 5.75 Å². The van der Waals surface area contributed by atoms with Gasteiger partial charge in [0.25, 0.3) is 0 Å². The topological polar surface area (TPSA) is 91.2 Å². The standard InChI is InChI=1S/C25H22ClF4N5O3/c1-13-7-21(35-15(3)31-12-32-35)17-5-4-6-22(24(17)33-13)37-10-19-18(8-16(27)9-20(19)26)14(2)34-23(36)11-38-25(28,29)30/h4-9,12,14H,10-11H2,1-3H3,(H,34,36)/t14-/m0/s1. The number of aryl methyl sites for hydroxylation is 2. The van der Waals surface area contributed by atoms with Gasteiger partial charge in [0.05, 0.1) is 16.8 Å². The maximum absolute atomic E-state index is 14.2. The maximum atomic E-state index is 14.2. The molecule has 0 aliphatic rings. The molecule has 0 spiro atoms. The summed E-state index contributed by atoms with van der Waals surface area (Å²) in [5.74, 6) is -0.627. The third kappa shape index (κ3) is 6.20. The van der Waals surface area contributed by atoms with Gasteiger partial charge >= 0.3 is 6.36 Å². The third-order valence-corrected chi connectivity index (χ3v) is 5.97. The Labute approximate surface area is 219 Å². The Morgan fingerprint density at radius 2 is 1.97 bits per heavy atom. The van der Waals surface area contributed by atoms with Crippen molar-refractivity contribution in [3.05, 3.63) is 76.2 Å². The van der Waals surface area contributed by atoms with Crippen LogP contribution in [-0.4, -0.2) is 38.6 Å². The van der Waals surface area contributed by atoms with Crippen molar-refractivity contribution in [1.29, 1.82) is 0 Å². The van der Waals surface area contributed by atoms with Crippen LogP contribution in [0.25, 0.3) is 16.6 Å². The van der Waals surface area contributed by atoms with E-state index in [1.165, 1.54) is 13.3 Å². The molecular formula is C25H22ClF4N5O3. The molecule has 2 aromatic heterocycles. The molecule has 4 aromatic rings. The van der Waals surface area contributed by atoms with Crippen molar-refractivity contribution < 1.29 is 31.8 Å². The molecule has 0 aliphatic heterocycles. The fourth-order valence-corrected chi connectivity index (χ4v) is 4.24. The summed E-state index contributed by atoms with van der Waals surface area (Å²) in [5.41, 5.74) is 2.58. The highest BCUT2D eigenvalue weighted by Gasteiger charge is 2.30. The molecule has 0 unspecified atom stereocenters. The quantitative estimate of drug-likeness (QED) is 0.290. The highest BCUT2D eigenvalue weighted by atomic mass is 35.5. The summed E-state index contributed by atoms with van der Waals surface area (Å²) in [4.78, 5) is 20.7. The number of alkyl halides is 3. The lowest BCUT2D eigenvalue weighted by molar-refractivity contribution is -0.321. The molecule has 0 saturated heterocycles. The summed E-state index contributed by atoms with van der Waals surface area (Å²) in [6.07, 6.45) is -3.51. The lowest BCUT2D eigenvalue weighted by Crippen LogP contribution is -2.33. The molecular weight excluding hydrogens is 530 g/mol. The minimum atomic E-state index is -4.96. The van der Waals surface area contributed by atoms with Gasteiger partial charge in [-0.2, -0.15) is 5.10 Å². The minimum absolute atomic E-state index is 0.0240. The molecule has 0 bridgehead atoms. The number of carbonyl (C=O) groups is 1. The van der Waals surface area contributed by atoms with Crippen LogP contribution in [0.3, 0.4) is 0 Å². The van der Waals surface area contributed by atoms with E-state index in [-0.39, 0.29) is 17.2 Å². The van der Waals surface area contributed by atoms with E-state index >= 15 is 0 Å². The number of ether oxygens (including phenoxy) is 2. The van der Waals surface area contributed by atoms with Gasteiger partial charge < -0.3 is 10.1 Å². The Morgan fingerprint density at radius 1 is 1.21 bits per heavy atom. The zero-order chi connectivity index (χ0) is 27.6. The number of halogens is 5. The van der Waals surface area contributed by atoms with Gasteiger partial charge in [0.2, 0.25) is 5.91 Å². The summed E-state index contributed by atoms with van der Waals surface area (Å²) in [6.45, 7) is 3.75. The Kier molecular flexibility index (Phi) is 7.83. The molecule has 2 heterocycles. The van der Waals surface area contributed by atoms with Crippen LogP contribution in [-0.2, 0) is 16.1 Å². The Balaban J connectivity index is 1.63. The highest BCUT2D eigenvalue weighted by molar-refractivity contribution is 6.31. The van der Waals surface area contributed by atoms with Crippen molar-refractivity contribution in [2.24, 2.45) is 0 Å². The number of nitrogens with one attached hydrogen (secondary N) is 1. The van der Waals surface area contributed by atoms with Gasteiger partial charge in [-0.25, -0.2) is 19.0 Å². The number of carbonyl (C=O) groups excluding carboxylic acids is 1. The van der Waals surface area contributed by atoms with E-state index in [1.54, 1.807) is 16.8 Å². The Hall–Kier alpha value is -3.77. The molecule has 38 heavy (non-hydrogen) atoms. The van der Waals surface area contributed by atoms with Gasteiger partial charge in [0.1, 0.15) is 42.4 Å². The van der Waals surface area contributed by atoms with E-state index in [2.05, 4.69) is 25.1 Å². The fourth-order valence-electron chi connectivity index (χ4n) is 3.98. The van der Waals surface area contributed by atoms with E-state index in [1.807, 2.05) is 26.0 Å². The molecule has 2 aromatic carbocycles. The third-order valence-electron chi connectivity index (χ3n) is 5.63. The number of aromatic nitrogens is 4. The summed E-state index contributed by atoms with van der Waals surface area (Å²) >= 11 is 6.32. The number of rotatable bonds is 8. The number of benzene rings is 2. The van der Waals surface area contributed by atoms with Gasteiger partial charge in [0, 0.05) is 16.6 Å². The van der Waals surface area contributed by atoms with Gasteiger partial charge in [-0.1, -0.05) is 23.7 Å². The Morgan fingerprint density at radius 3 is 2.66 bits per heavy atom. The molecule has 1 N–H and O–H groups in total. The van der Waals surface area contributed by atoms with Gasteiger partial charge in [-0.3, -0.25) is 9.53 Å². The number of fused-ring (bicyclic) bond motifs is 1. The van der Waals surface area contributed by atoms with Crippen LogP contribution in [0.1, 0.15) is 35.6 Å². The highest BCUT2D eigenvalue weighted by Crippen LogP contribution is 2.32. The van der Waals surface area contributed by atoms with Crippen molar-refractivity contribution in [2.75, 3.05) is 6.61 Å². The second-order valence-electron chi connectivity index (χ2n) is 8.42. The number of para-hydroxylation sites is 1. The first kappa shape index (κ1) is 27.3. The van der Waals surface area contributed by atoms with Crippen molar-refractivity contribution >= 4 is 28.4 Å². The van der Waals surface area contributed by atoms with Crippen LogP contribution >= 0.6 is 11.6 Å². The van der Waals surface area contributed by atoms with E-state index in [0.717, 1.165) is 23.2 Å². The van der Waals surface area contributed by atoms with Gasteiger partial charge in [0.15, 0.2) is 0 Å². The molecule has 13 heteroatoms. The average Bonchev–Trinajstić information content (AvgIpc) is 3.26. The molecule has 200 valence electrons. The molecule has 4 rings (SSSR count). The van der Waals surface area contributed by atoms with Crippen molar-refractivity contribution in [3.63, 3.8) is 0 Å². The van der Waals surface area contributed by atoms with Crippen molar-refractivity contribution in [2.45, 2.75) is 39.8 Å². The van der Waals surface area contributed by atoms with Crippen molar-refractivity contribution in [1.82, 2.24) is 25.1 Å². The molecule has 1 amide bonds. The zero-order valence-corrected chi connectivity index (χ0v) is 21.2. The first-order valence-corrected chi connectivity index (χ1v) is 11.7. The maximum Gasteiger partial charge on any atom is 0.523 e. The summed E-state index contributed by atoms with van der Waals surface area (Å²) in [7, 11) is 0. The second-order valence-corrected chi connectivity index (χ2v) is 8.83. The number of hydrogen-bond acceptors (Lipinski definition) is 6. The van der Waals surface area contributed by atoms with Gasteiger partial charge in [-0.05, 0) is 50.6 Å². The van der Waals surface area contributed by atoms with Crippen molar-refractivity contribution in [3.8, 4) is 11.4 Å². The number of pyridine rings is 1. The molecule has 0 saturated carbocycles. The van der Waals surface area contributed by atoms with Crippen LogP contribution in [0.4, 0.5) is 17.6 Å². The van der Waals surface area contributed by atoms with E-state index in [9.17, 15) is 22.4 Å². The van der Waals surface area contributed by atoms with Crippen LogP contribution in [0, 0.1) is 19.7 Å². The SMILES string of the molecule is Cc1cc(-n2ncnc2C)c2cccc(OCc3c(Cl)cc(F)cc3[C@H](C)NC(=O)COC(F)(F)F)c2n1. The predicted octanol–water partition coefficient (Wildman–Crippen LogP) is 5.52. The lowest BCUT2D eigenvalue weighted by atomic mass is 10.0. The zero-order valence-electron chi connectivity index (χ0n) is 20.4. The second kappa shape index (κ2) is 10.9. The smallest absolute Gasteiger partial charge is 0.487 e. The number of amides is 1. The first-order valence-electron chi connectivity index (χ1n) is 11.3. The molecule has 1 atom stereocenters. The summed E-state index contributed by atoms with van der Waals surface area (Å²) in [6, 6.07) is 8.54. The Bertz CT molecular complexity index is 1490. The summed E-state index contributed by atoms with van der Waals surface area (Å²) in [5, 5.41) is 7.41. The molecule has 0 radical (unpaired) electrons. The predicted molar refractivity (Wildman–Crippen MR) is 130 cm³/mol. The minimum Gasteiger partial charge on any atom is -0.487 e. The molecule has 0 fully saturated rings. The van der Waals surface area contributed by atoms with E-state index in [4.69, 9.17) is 16.3 Å². The van der Waals surface area contributed by atoms with Crippen LogP contribution in [0.2, 0.25) is 5.02 Å². The summed E-state index contributed by atoms with van der Waals surface area (Å²) < 4.78 is 62.3. The monoisotopic (exact) mass is 551 g/mol. The van der Waals surface area contributed by atoms with Crippen LogP contribution < -0.4 is 10.1 Å². The average molecular weight is 552 g/mol. The largest absolute Gasteiger partial charge is 0.523 e. The number of nitrogens with zero attached hydrogens (tertiary/aromatic N) is 4. The first-order chi connectivity index (χ1) is 17.9. The number of hydrogen-bond donors (Lipinski definition) is 1.